The van der Waals surface area contributed by atoms with Crippen molar-refractivity contribution >= 4 is 17.9 Å². The third-order valence-corrected chi connectivity index (χ3v) is 4.39. The molecule has 1 heterocycles. The number of esters is 1. The van der Waals surface area contributed by atoms with Crippen molar-refractivity contribution in [2.45, 2.75) is 39.0 Å². The second-order valence-corrected chi connectivity index (χ2v) is 6.68. The molecule has 28 heavy (non-hydrogen) atoms. The summed E-state index contributed by atoms with van der Waals surface area (Å²) in [5.41, 5.74) is 1.43. The number of ether oxygens (including phenoxy) is 2. The Kier molecular flexibility index (Phi) is 6.95. The number of benzene rings is 2. The normalized spacial score (nSPS) is 14.9. The maximum atomic E-state index is 13.3. The molecule has 0 radical (unpaired) electrons. The first-order valence-electron chi connectivity index (χ1n) is 9.67. The molecule has 0 aliphatic carbocycles. The summed E-state index contributed by atoms with van der Waals surface area (Å²) in [5.74, 6) is -0.0457. The fourth-order valence-electron chi connectivity index (χ4n) is 2.87. The minimum Gasteiger partial charge on any atom is -0.494 e. The van der Waals surface area contributed by atoms with Crippen LogP contribution in [0.2, 0.25) is 0 Å². The highest BCUT2D eigenvalue weighted by atomic mass is 19.1. The number of hydrogen-bond acceptors (Lipinski definition) is 4. The minimum absolute atomic E-state index is 0.110. The summed E-state index contributed by atoms with van der Waals surface area (Å²) in [4.78, 5) is 16.2. The Labute approximate surface area is 164 Å². The van der Waals surface area contributed by atoms with Crippen LogP contribution in [0.25, 0.3) is 6.08 Å². The van der Waals surface area contributed by atoms with Gasteiger partial charge in [0, 0.05) is 5.56 Å². The topological polar surface area (TPSA) is 47.9 Å². The van der Waals surface area contributed by atoms with E-state index in [1.165, 1.54) is 37.8 Å². The van der Waals surface area contributed by atoms with Gasteiger partial charge in [-0.2, -0.15) is 0 Å². The number of hydrogen-bond donors (Lipinski definition) is 0. The van der Waals surface area contributed by atoms with Gasteiger partial charge in [-0.1, -0.05) is 50.8 Å². The van der Waals surface area contributed by atoms with Crippen molar-refractivity contribution in [3.05, 3.63) is 71.2 Å². The van der Waals surface area contributed by atoms with E-state index in [1.807, 2.05) is 24.3 Å². The SMILES string of the molecule is CCCCCCCOc1ccc(C=C2N=C(c3cccc(F)c3)OC2=O)cc1. The fourth-order valence-corrected chi connectivity index (χ4v) is 2.87. The number of rotatable bonds is 9. The van der Waals surface area contributed by atoms with Gasteiger partial charge in [-0.15, -0.1) is 0 Å². The second kappa shape index (κ2) is 9.83. The fraction of sp³-hybridized carbons (Fsp3) is 0.304. The Bertz CT molecular complexity index is 872. The zero-order valence-corrected chi connectivity index (χ0v) is 16.0. The standard InChI is InChI=1S/C23H24FNO3/c1-2-3-4-5-6-14-27-20-12-10-17(11-13-20)15-21-23(26)28-22(25-21)18-8-7-9-19(24)16-18/h7-13,15-16H,2-6,14H2,1H3. The monoisotopic (exact) mass is 381 g/mol. The van der Waals surface area contributed by atoms with Crippen molar-refractivity contribution in [3.63, 3.8) is 0 Å². The lowest BCUT2D eigenvalue weighted by Gasteiger charge is -2.06. The van der Waals surface area contributed by atoms with Crippen molar-refractivity contribution in [2.24, 2.45) is 4.99 Å². The molecule has 0 spiro atoms. The summed E-state index contributed by atoms with van der Waals surface area (Å²) < 4.78 is 24.2. The molecule has 2 aromatic carbocycles. The summed E-state index contributed by atoms with van der Waals surface area (Å²) in [7, 11) is 0. The van der Waals surface area contributed by atoms with Crippen LogP contribution < -0.4 is 4.74 Å². The molecule has 2 aromatic rings. The van der Waals surface area contributed by atoms with Crippen LogP contribution in [-0.4, -0.2) is 18.5 Å². The molecule has 0 saturated heterocycles. The molecule has 4 nitrogen and oxygen atoms in total. The van der Waals surface area contributed by atoms with Crippen molar-refractivity contribution in [1.29, 1.82) is 0 Å². The number of cyclic esters (lactones) is 1. The van der Waals surface area contributed by atoms with Crippen molar-refractivity contribution in [2.75, 3.05) is 6.61 Å². The Hall–Kier alpha value is -2.95. The van der Waals surface area contributed by atoms with Crippen LogP contribution in [-0.2, 0) is 9.53 Å². The molecular formula is C23H24FNO3. The van der Waals surface area contributed by atoms with Crippen molar-refractivity contribution in [3.8, 4) is 5.75 Å². The zero-order valence-electron chi connectivity index (χ0n) is 16.0. The van der Waals surface area contributed by atoms with Crippen LogP contribution in [0.15, 0.2) is 59.2 Å². The lowest BCUT2D eigenvalue weighted by molar-refractivity contribution is -0.129. The van der Waals surface area contributed by atoms with Gasteiger partial charge in [-0.25, -0.2) is 14.2 Å². The highest BCUT2D eigenvalue weighted by Gasteiger charge is 2.24. The third kappa shape index (κ3) is 5.52. The summed E-state index contributed by atoms with van der Waals surface area (Å²) >= 11 is 0. The maximum absolute atomic E-state index is 13.3. The van der Waals surface area contributed by atoms with Gasteiger partial charge in [-0.05, 0) is 48.4 Å². The minimum atomic E-state index is -0.549. The number of carbonyl (C=O) groups is 1. The molecule has 0 saturated carbocycles. The first kappa shape index (κ1) is 19.8. The van der Waals surface area contributed by atoms with Gasteiger partial charge in [0.15, 0.2) is 5.70 Å². The van der Waals surface area contributed by atoms with Gasteiger partial charge < -0.3 is 9.47 Å². The zero-order chi connectivity index (χ0) is 19.8. The molecule has 0 aromatic heterocycles. The summed E-state index contributed by atoms with van der Waals surface area (Å²) in [6.07, 6.45) is 7.64. The molecule has 0 unspecified atom stereocenters. The van der Waals surface area contributed by atoms with E-state index in [0.29, 0.717) is 12.2 Å². The van der Waals surface area contributed by atoms with Crippen molar-refractivity contribution < 1.29 is 18.7 Å². The quantitative estimate of drug-likeness (QED) is 0.326. The van der Waals surface area contributed by atoms with Gasteiger partial charge in [0.2, 0.25) is 5.90 Å². The number of carbonyl (C=O) groups excluding carboxylic acids is 1. The predicted octanol–water partition coefficient (Wildman–Crippen LogP) is 5.52. The first-order valence-corrected chi connectivity index (χ1v) is 9.67. The molecule has 5 heteroatoms. The molecule has 0 bridgehead atoms. The number of aliphatic imine (C=N–C) groups is 1. The summed E-state index contributed by atoms with van der Waals surface area (Å²) in [6, 6.07) is 13.3. The van der Waals surface area contributed by atoms with E-state index < -0.39 is 11.8 Å². The lowest BCUT2D eigenvalue weighted by Crippen LogP contribution is -2.05. The van der Waals surface area contributed by atoms with E-state index in [0.717, 1.165) is 17.7 Å². The van der Waals surface area contributed by atoms with E-state index >= 15 is 0 Å². The van der Waals surface area contributed by atoms with E-state index in [9.17, 15) is 9.18 Å². The van der Waals surface area contributed by atoms with Gasteiger partial charge in [0.25, 0.3) is 0 Å². The van der Waals surface area contributed by atoms with Crippen LogP contribution in [0.5, 0.6) is 5.75 Å². The van der Waals surface area contributed by atoms with E-state index in [1.54, 1.807) is 18.2 Å². The van der Waals surface area contributed by atoms with Gasteiger partial charge in [-0.3, -0.25) is 0 Å². The van der Waals surface area contributed by atoms with Gasteiger partial charge in [0.05, 0.1) is 6.61 Å². The average Bonchev–Trinajstić information content (AvgIpc) is 3.06. The second-order valence-electron chi connectivity index (χ2n) is 6.68. The van der Waals surface area contributed by atoms with E-state index in [-0.39, 0.29) is 11.6 Å². The third-order valence-electron chi connectivity index (χ3n) is 4.39. The maximum Gasteiger partial charge on any atom is 0.363 e. The first-order chi connectivity index (χ1) is 13.7. The summed E-state index contributed by atoms with van der Waals surface area (Å²) in [6.45, 7) is 2.91. The number of unbranched alkanes of at least 4 members (excludes halogenated alkanes) is 4. The van der Waals surface area contributed by atoms with Crippen LogP contribution >= 0.6 is 0 Å². The molecule has 1 aliphatic heterocycles. The van der Waals surface area contributed by atoms with Gasteiger partial charge in [0.1, 0.15) is 11.6 Å². The highest BCUT2D eigenvalue weighted by Crippen LogP contribution is 2.21. The Balaban J connectivity index is 1.59. The average molecular weight is 381 g/mol. The summed E-state index contributed by atoms with van der Waals surface area (Å²) in [5, 5.41) is 0. The predicted molar refractivity (Wildman–Crippen MR) is 108 cm³/mol. The smallest absolute Gasteiger partial charge is 0.363 e. The van der Waals surface area contributed by atoms with Crippen LogP contribution in [0, 0.1) is 5.82 Å². The van der Waals surface area contributed by atoms with Crippen LogP contribution in [0.3, 0.4) is 0 Å². The molecule has 0 fully saturated rings. The number of nitrogens with zero attached hydrogens (tertiary/aromatic N) is 1. The van der Waals surface area contributed by atoms with Crippen LogP contribution in [0.4, 0.5) is 4.39 Å². The molecule has 1 aliphatic rings. The Morgan fingerprint density at radius 2 is 1.86 bits per heavy atom. The highest BCUT2D eigenvalue weighted by molar-refractivity contribution is 6.12. The molecule has 0 N–H and O–H groups in total. The molecule has 0 amide bonds. The molecule has 0 atom stereocenters. The van der Waals surface area contributed by atoms with E-state index in [2.05, 4.69) is 11.9 Å². The molecular weight excluding hydrogens is 357 g/mol. The van der Waals surface area contributed by atoms with Gasteiger partial charge >= 0.3 is 5.97 Å². The Morgan fingerprint density at radius 1 is 1.07 bits per heavy atom. The molecule has 3 rings (SSSR count). The number of halogens is 1. The van der Waals surface area contributed by atoms with E-state index in [4.69, 9.17) is 9.47 Å². The Morgan fingerprint density at radius 3 is 2.61 bits per heavy atom. The molecule has 146 valence electrons. The largest absolute Gasteiger partial charge is 0.494 e. The lowest BCUT2D eigenvalue weighted by atomic mass is 10.1. The van der Waals surface area contributed by atoms with Crippen molar-refractivity contribution in [1.82, 2.24) is 0 Å². The van der Waals surface area contributed by atoms with Crippen LogP contribution in [0.1, 0.15) is 50.2 Å².